The summed E-state index contributed by atoms with van der Waals surface area (Å²) in [6, 6.07) is 9.55. The van der Waals surface area contributed by atoms with E-state index in [1.54, 1.807) is 18.4 Å². The molecule has 4 heteroatoms. The molecule has 2 unspecified atom stereocenters. The smallest absolute Gasteiger partial charge is 0.254 e. The Bertz CT molecular complexity index is 658. The van der Waals surface area contributed by atoms with Crippen molar-refractivity contribution in [3.8, 4) is 0 Å². The largest absolute Gasteiger partial charge is 0.467 e. The lowest BCUT2D eigenvalue weighted by Crippen LogP contribution is -2.36. The van der Waals surface area contributed by atoms with Gasteiger partial charge in [0.2, 0.25) is 0 Å². The van der Waals surface area contributed by atoms with E-state index >= 15 is 0 Å². The molecule has 2 atom stereocenters. The lowest BCUT2D eigenvalue weighted by molar-refractivity contribution is 0.0641. The molecule has 0 radical (unpaired) electrons. The lowest BCUT2D eigenvalue weighted by atomic mass is 10.0. The van der Waals surface area contributed by atoms with Crippen LogP contribution in [0.15, 0.2) is 41.0 Å². The maximum absolute atomic E-state index is 12.9. The van der Waals surface area contributed by atoms with Gasteiger partial charge in [0, 0.05) is 24.6 Å². The van der Waals surface area contributed by atoms with Crippen molar-refractivity contribution in [3.05, 3.63) is 59.0 Å². The first-order valence-electron chi connectivity index (χ1n) is 8.15. The Morgan fingerprint density at radius 3 is 2.74 bits per heavy atom. The van der Waals surface area contributed by atoms with Crippen LogP contribution in [0.3, 0.4) is 0 Å². The summed E-state index contributed by atoms with van der Waals surface area (Å²) in [5.41, 5.74) is 2.93. The van der Waals surface area contributed by atoms with E-state index in [0.717, 1.165) is 36.1 Å². The van der Waals surface area contributed by atoms with Crippen LogP contribution in [0.2, 0.25) is 0 Å². The molecular formula is C19H23NO3. The molecule has 1 aliphatic heterocycles. The summed E-state index contributed by atoms with van der Waals surface area (Å²) in [6.45, 7) is 4.76. The number of nitrogens with zero attached hydrogens (tertiary/aromatic N) is 1. The molecule has 2 aromatic rings. The van der Waals surface area contributed by atoms with E-state index in [1.807, 2.05) is 30.9 Å². The molecular weight excluding hydrogens is 290 g/mol. The first-order chi connectivity index (χ1) is 11.0. The predicted octanol–water partition coefficient (Wildman–Crippen LogP) is 3.62. The number of benzene rings is 1. The Hall–Kier alpha value is -2.07. The van der Waals surface area contributed by atoms with Gasteiger partial charge in [-0.05, 0) is 51.0 Å². The van der Waals surface area contributed by atoms with E-state index < -0.39 is 6.10 Å². The number of carbonyl (C=O) groups is 1. The number of hydrogen-bond donors (Lipinski definition) is 1. The molecule has 23 heavy (non-hydrogen) atoms. The number of likely N-dealkylation sites (tertiary alicyclic amines) is 1. The zero-order valence-electron chi connectivity index (χ0n) is 13.7. The zero-order valence-corrected chi connectivity index (χ0v) is 13.7. The fourth-order valence-electron chi connectivity index (χ4n) is 3.47. The van der Waals surface area contributed by atoms with Crippen LogP contribution in [-0.2, 0) is 0 Å². The van der Waals surface area contributed by atoms with E-state index in [2.05, 4.69) is 6.07 Å². The van der Waals surface area contributed by atoms with Gasteiger partial charge in [-0.2, -0.15) is 0 Å². The molecule has 1 N–H and O–H groups in total. The topological polar surface area (TPSA) is 53.7 Å². The number of aliphatic hydroxyl groups is 1. The van der Waals surface area contributed by atoms with Crippen molar-refractivity contribution in [2.45, 2.75) is 45.3 Å². The standard InChI is InChI=1S/C19H23NO3/c1-13-9-14(2)11-15(10-13)19(22)20-7-3-5-16(20)12-17(21)18-6-4-8-23-18/h4,6,8-11,16-17,21H,3,5,7,12H2,1-2H3. The molecule has 1 aromatic carbocycles. The van der Waals surface area contributed by atoms with Crippen LogP contribution >= 0.6 is 0 Å². The molecule has 0 aliphatic carbocycles. The molecule has 1 aromatic heterocycles. The molecule has 0 spiro atoms. The molecule has 3 rings (SSSR count). The molecule has 122 valence electrons. The number of carbonyl (C=O) groups excluding carboxylic acids is 1. The molecule has 1 fully saturated rings. The first-order valence-corrected chi connectivity index (χ1v) is 8.15. The fraction of sp³-hybridized carbons (Fsp3) is 0.421. The van der Waals surface area contributed by atoms with Crippen LogP contribution in [0.1, 0.15) is 52.6 Å². The second kappa shape index (κ2) is 6.59. The molecule has 1 amide bonds. The highest BCUT2D eigenvalue weighted by Crippen LogP contribution is 2.29. The van der Waals surface area contributed by atoms with E-state index in [0.29, 0.717) is 12.2 Å². The summed E-state index contributed by atoms with van der Waals surface area (Å²) in [4.78, 5) is 14.8. The number of amides is 1. The van der Waals surface area contributed by atoms with Gasteiger partial charge in [0.15, 0.2) is 0 Å². The minimum absolute atomic E-state index is 0.0587. The SMILES string of the molecule is Cc1cc(C)cc(C(=O)N2CCCC2CC(O)c2ccco2)c1. The van der Waals surface area contributed by atoms with Crippen molar-refractivity contribution in [2.75, 3.05) is 6.54 Å². The molecule has 2 heterocycles. The third kappa shape index (κ3) is 3.48. The summed E-state index contributed by atoms with van der Waals surface area (Å²) in [7, 11) is 0. The summed E-state index contributed by atoms with van der Waals surface area (Å²) in [6.07, 6.45) is 3.32. The quantitative estimate of drug-likeness (QED) is 0.938. The second-order valence-corrected chi connectivity index (χ2v) is 6.44. The minimum Gasteiger partial charge on any atom is -0.467 e. The van der Waals surface area contributed by atoms with Crippen LogP contribution in [0, 0.1) is 13.8 Å². The number of aliphatic hydroxyl groups excluding tert-OH is 1. The van der Waals surface area contributed by atoms with Crippen molar-refractivity contribution in [1.82, 2.24) is 4.90 Å². The van der Waals surface area contributed by atoms with Gasteiger partial charge in [0.25, 0.3) is 5.91 Å². The molecule has 1 aliphatic rings. The summed E-state index contributed by atoms with van der Waals surface area (Å²) >= 11 is 0. The van der Waals surface area contributed by atoms with Crippen molar-refractivity contribution >= 4 is 5.91 Å². The Kier molecular flexibility index (Phi) is 4.53. The predicted molar refractivity (Wildman–Crippen MR) is 88.3 cm³/mol. The average Bonchev–Trinajstić information content (AvgIpc) is 3.16. The van der Waals surface area contributed by atoms with Crippen LogP contribution in [0.4, 0.5) is 0 Å². The number of aryl methyl sites for hydroxylation is 2. The van der Waals surface area contributed by atoms with Gasteiger partial charge in [-0.3, -0.25) is 4.79 Å². The van der Waals surface area contributed by atoms with E-state index in [1.165, 1.54) is 0 Å². The number of furan rings is 1. The van der Waals surface area contributed by atoms with Gasteiger partial charge in [-0.1, -0.05) is 17.2 Å². The fourth-order valence-corrected chi connectivity index (χ4v) is 3.47. The van der Waals surface area contributed by atoms with E-state index in [-0.39, 0.29) is 11.9 Å². The lowest BCUT2D eigenvalue weighted by Gasteiger charge is -2.26. The van der Waals surface area contributed by atoms with Gasteiger partial charge < -0.3 is 14.4 Å². The summed E-state index contributed by atoms with van der Waals surface area (Å²) < 4.78 is 5.26. The zero-order chi connectivity index (χ0) is 16.4. The highest BCUT2D eigenvalue weighted by Gasteiger charge is 2.31. The van der Waals surface area contributed by atoms with Crippen molar-refractivity contribution in [2.24, 2.45) is 0 Å². The monoisotopic (exact) mass is 313 g/mol. The Morgan fingerprint density at radius 1 is 1.35 bits per heavy atom. The van der Waals surface area contributed by atoms with Gasteiger partial charge in [-0.25, -0.2) is 0 Å². The van der Waals surface area contributed by atoms with Crippen molar-refractivity contribution in [3.63, 3.8) is 0 Å². The maximum atomic E-state index is 12.9. The highest BCUT2D eigenvalue weighted by atomic mass is 16.4. The average molecular weight is 313 g/mol. The minimum atomic E-state index is -0.664. The van der Waals surface area contributed by atoms with Gasteiger partial charge >= 0.3 is 0 Å². The third-order valence-electron chi connectivity index (χ3n) is 4.47. The highest BCUT2D eigenvalue weighted by molar-refractivity contribution is 5.95. The van der Waals surface area contributed by atoms with Crippen LogP contribution in [-0.4, -0.2) is 28.5 Å². The van der Waals surface area contributed by atoms with Gasteiger partial charge in [-0.15, -0.1) is 0 Å². The Balaban J connectivity index is 1.74. The molecule has 0 saturated carbocycles. The van der Waals surface area contributed by atoms with Crippen molar-refractivity contribution in [1.29, 1.82) is 0 Å². The van der Waals surface area contributed by atoms with E-state index in [9.17, 15) is 9.90 Å². The second-order valence-electron chi connectivity index (χ2n) is 6.44. The van der Waals surface area contributed by atoms with Crippen molar-refractivity contribution < 1.29 is 14.3 Å². The molecule has 4 nitrogen and oxygen atoms in total. The van der Waals surface area contributed by atoms with E-state index in [4.69, 9.17) is 4.42 Å². The first kappa shape index (κ1) is 15.8. The summed E-state index contributed by atoms with van der Waals surface area (Å²) in [5, 5.41) is 10.3. The maximum Gasteiger partial charge on any atom is 0.254 e. The van der Waals surface area contributed by atoms with Gasteiger partial charge in [0.1, 0.15) is 11.9 Å². The normalized spacial score (nSPS) is 19.1. The number of rotatable bonds is 4. The molecule has 0 bridgehead atoms. The van der Waals surface area contributed by atoms with Gasteiger partial charge in [0.05, 0.1) is 6.26 Å². The summed E-state index contributed by atoms with van der Waals surface area (Å²) in [5.74, 6) is 0.627. The van der Waals surface area contributed by atoms with Crippen LogP contribution < -0.4 is 0 Å². The van der Waals surface area contributed by atoms with Crippen LogP contribution in [0.25, 0.3) is 0 Å². The Labute approximate surface area is 136 Å². The molecule has 1 saturated heterocycles. The number of hydrogen-bond acceptors (Lipinski definition) is 3. The third-order valence-corrected chi connectivity index (χ3v) is 4.47. The van der Waals surface area contributed by atoms with Crippen LogP contribution in [0.5, 0.6) is 0 Å². The Morgan fingerprint density at radius 2 is 2.09 bits per heavy atom.